The van der Waals surface area contributed by atoms with Crippen LogP contribution in [0.2, 0.25) is 0 Å². The second-order valence-electron chi connectivity index (χ2n) is 3.60. The zero-order chi connectivity index (χ0) is 10.5. The van der Waals surface area contributed by atoms with E-state index in [1.807, 2.05) is 13.8 Å². The van der Waals surface area contributed by atoms with Gasteiger partial charge in [0.15, 0.2) is 0 Å². The van der Waals surface area contributed by atoms with Crippen LogP contribution in [0.1, 0.15) is 27.2 Å². The van der Waals surface area contributed by atoms with Crippen LogP contribution >= 0.6 is 0 Å². The Morgan fingerprint density at radius 2 is 1.92 bits per heavy atom. The lowest BCUT2D eigenvalue weighted by atomic mass is 10.3. The van der Waals surface area contributed by atoms with E-state index in [0.717, 1.165) is 0 Å². The van der Waals surface area contributed by atoms with Crippen LogP contribution in [0.15, 0.2) is 0 Å². The summed E-state index contributed by atoms with van der Waals surface area (Å²) in [6.45, 7) is 5.49. The number of terminal acetylenes is 1. The molecule has 0 aromatic heterocycles. The fraction of sp³-hybridized carbons (Fsp3) is 0.778. The highest BCUT2D eigenvalue weighted by molar-refractivity contribution is 7.89. The van der Waals surface area contributed by atoms with Crippen molar-refractivity contribution < 1.29 is 8.42 Å². The van der Waals surface area contributed by atoms with Crippen molar-refractivity contribution in [1.29, 1.82) is 0 Å². The molecule has 0 saturated carbocycles. The first-order valence-electron chi connectivity index (χ1n) is 4.31. The maximum Gasteiger partial charge on any atom is 0.212 e. The highest BCUT2D eigenvalue weighted by atomic mass is 32.2. The summed E-state index contributed by atoms with van der Waals surface area (Å²) in [5.74, 6) is 2.71. The van der Waals surface area contributed by atoms with Gasteiger partial charge in [0.2, 0.25) is 10.0 Å². The molecule has 0 aliphatic heterocycles. The van der Waals surface area contributed by atoms with E-state index in [0.29, 0.717) is 6.42 Å². The number of rotatable bonds is 5. The van der Waals surface area contributed by atoms with Gasteiger partial charge in [-0.15, -0.1) is 12.3 Å². The SMILES string of the molecule is C#CCC(C)NS(=O)(=O)CC(C)C. The highest BCUT2D eigenvalue weighted by Crippen LogP contribution is 2.00. The van der Waals surface area contributed by atoms with Crippen molar-refractivity contribution in [1.82, 2.24) is 4.72 Å². The van der Waals surface area contributed by atoms with Gasteiger partial charge in [-0.25, -0.2) is 13.1 Å². The molecule has 0 aromatic rings. The molecule has 0 aliphatic carbocycles. The molecule has 0 heterocycles. The Morgan fingerprint density at radius 1 is 1.38 bits per heavy atom. The Kier molecular flexibility index (Phi) is 5.04. The summed E-state index contributed by atoms with van der Waals surface area (Å²) in [4.78, 5) is 0. The normalized spacial score (nSPS) is 14.1. The predicted octanol–water partition coefficient (Wildman–Crippen LogP) is 0.974. The van der Waals surface area contributed by atoms with E-state index in [4.69, 9.17) is 6.42 Å². The first-order valence-corrected chi connectivity index (χ1v) is 5.96. The van der Waals surface area contributed by atoms with Crippen LogP contribution in [0.5, 0.6) is 0 Å². The molecule has 13 heavy (non-hydrogen) atoms. The van der Waals surface area contributed by atoms with Gasteiger partial charge in [0.05, 0.1) is 5.75 Å². The number of sulfonamides is 1. The van der Waals surface area contributed by atoms with Crippen molar-refractivity contribution in [2.45, 2.75) is 33.2 Å². The average Bonchev–Trinajstić information content (AvgIpc) is 1.81. The molecule has 1 atom stereocenters. The monoisotopic (exact) mass is 203 g/mol. The lowest BCUT2D eigenvalue weighted by molar-refractivity contribution is 0.552. The van der Waals surface area contributed by atoms with E-state index in [-0.39, 0.29) is 17.7 Å². The maximum absolute atomic E-state index is 11.3. The van der Waals surface area contributed by atoms with Gasteiger partial charge in [-0.3, -0.25) is 0 Å². The minimum atomic E-state index is -3.15. The van der Waals surface area contributed by atoms with Crippen LogP contribution in [0.4, 0.5) is 0 Å². The van der Waals surface area contributed by atoms with Gasteiger partial charge in [0.1, 0.15) is 0 Å². The molecule has 4 heteroatoms. The van der Waals surface area contributed by atoms with E-state index in [2.05, 4.69) is 10.6 Å². The van der Waals surface area contributed by atoms with Gasteiger partial charge in [-0.2, -0.15) is 0 Å². The predicted molar refractivity (Wildman–Crippen MR) is 54.7 cm³/mol. The summed E-state index contributed by atoms with van der Waals surface area (Å²) in [5, 5.41) is 0. The third-order valence-corrected chi connectivity index (χ3v) is 3.22. The minimum Gasteiger partial charge on any atom is -0.212 e. The van der Waals surface area contributed by atoms with Gasteiger partial charge < -0.3 is 0 Å². The lowest BCUT2D eigenvalue weighted by Gasteiger charge is -2.12. The Bertz CT molecular complexity index is 274. The van der Waals surface area contributed by atoms with Gasteiger partial charge >= 0.3 is 0 Å². The van der Waals surface area contributed by atoms with Gasteiger partial charge in [0.25, 0.3) is 0 Å². The Hall–Kier alpha value is -0.530. The van der Waals surface area contributed by atoms with E-state index in [9.17, 15) is 8.42 Å². The van der Waals surface area contributed by atoms with Gasteiger partial charge in [-0.05, 0) is 12.8 Å². The van der Waals surface area contributed by atoms with Crippen LogP contribution in [-0.4, -0.2) is 20.2 Å². The summed E-state index contributed by atoms with van der Waals surface area (Å²) in [6, 6.07) is -0.172. The third-order valence-electron chi connectivity index (χ3n) is 1.36. The zero-order valence-electron chi connectivity index (χ0n) is 8.37. The quantitative estimate of drug-likeness (QED) is 0.677. The van der Waals surface area contributed by atoms with E-state index >= 15 is 0 Å². The van der Waals surface area contributed by atoms with Crippen LogP contribution < -0.4 is 4.72 Å². The minimum absolute atomic E-state index is 0.135. The van der Waals surface area contributed by atoms with Crippen molar-refractivity contribution in [3.05, 3.63) is 0 Å². The second kappa shape index (κ2) is 5.25. The molecule has 0 amide bonds. The maximum atomic E-state index is 11.3. The van der Waals surface area contributed by atoms with Crippen molar-refractivity contribution >= 4 is 10.0 Å². The number of nitrogens with one attached hydrogen (secondary N) is 1. The molecule has 3 nitrogen and oxygen atoms in total. The summed E-state index contributed by atoms with van der Waals surface area (Å²) in [6.07, 6.45) is 5.49. The molecule has 0 saturated heterocycles. The highest BCUT2D eigenvalue weighted by Gasteiger charge is 2.15. The number of hydrogen-bond donors (Lipinski definition) is 1. The van der Waals surface area contributed by atoms with Crippen molar-refractivity contribution in [3.8, 4) is 12.3 Å². The van der Waals surface area contributed by atoms with Crippen LogP contribution in [0.25, 0.3) is 0 Å². The molecule has 0 aliphatic rings. The van der Waals surface area contributed by atoms with Crippen molar-refractivity contribution in [2.24, 2.45) is 5.92 Å². The second-order valence-corrected chi connectivity index (χ2v) is 5.40. The molecule has 1 N–H and O–H groups in total. The Labute approximate surface area is 81.0 Å². The molecular formula is C9H17NO2S. The molecule has 76 valence electrons. The zero-order valence-corrected chi connectivity index (χ0v) is 9.19. The van der Waals surface area contributed by atoms with E-state index in [1.54, 1.807) is 6.92 Å². The summed E-state index contributed by atoms with van der Waals surface area (Å²) in [5.41, 5.74) is 0. The Morgan fingerprint density at radius 3 is 2.31 bits per heavy atom. The molecule has 0 radical (unpaired) electrons. The van der Waals surface area contributed by atoms with Crippen molar-refractivity contribution in [2.75, 3.05) is 5.75 Å². The van der Waals surface area contributed by atoms with Crippen LogP contribution in [-0.2, 0) is 10.0 Å². The van der Waals surface area contributed by atoms with E-state index < -0.39 is 10.0 Å². The van der Waals surface area contributed by atoms with Crippen LogP contribution in [0, 0.1) is 18.3 Å². The van der Waals surface area contributed by atoms with Crippen LogP contribution in [0.3, 0.4) is 0 Å². The first-order chi connectivity index (χ1) is 5.87. The molecule has 1 unspecified atom stereocenters. The van der Waals surface area contributed by atoms with Gasteiger partial charge in [0, 0.05) is 12.5 Å². The standard InChI is InChI=1S/C9H17NO2S/c1-5-6-9(4)10-13(11,12)7-8(2)3/h1,8-10H,6-7H2,2-4H3. The smallest absolute Gasteiger partial charge is 0.212 e. The largest absolute Gasteiger partial charge is 0.212 e. The first kappa shape index (κ1) is 12.5. The lowest BCUT2D eigenvalue weighted by Crippen LogP contribution is -2.35. The third kappa shape index (κ3) is 6.62. The molecule has 0 aromatic carbocycles. The summed E-state index contributed by atoms with van der Waals surface area (Å²) >= 11 is 0. The van der Waals surface area contributed by atoms with Crippen molar-refractivity contribution in [3.63, 3.8) is 0 Å². The fourth-order valence-electron chi connectivity index (χ4n) is 1.01. The topological polar surface area (TPSA) is 46.2 Å². The fourth-order valence-corrected chi connectivity index (χ4v) is 2.68. The molecule has 0 rings (SSSR count). The molecule has 0 spiro atoms. The van der Waals surface area contributed by atoms with E-state index in [1.165, 1.54) is 0 Å². The summed E-state index contributed by atoms with van der Waals surface area (Å²) < 4.78 is 25.2. The Balaban J connectivity index is 4.12. The average molecular weight is 203 g/mol. The molecule has 0 fully saturated rings. The van der Waals surface area contributed by atoms with Gasteiger partial charge in [-0.1, -0.05) is 13.8 Å². The number of hydrogen-bond acceptors (Lipinski definition) is 2. The molecule has 0 bridgehead atoms. The summed E-state index contributed by atoms with van der Waals surface area (Å²) in [7, 11) is -3.15. The molecular weight excluding hydrogens is 186 g/mol.